The molecule has 11 heteroatoms. The van der Waals surface area contributed by atoms with Crippen LogP contribution in [0.4, 0.5) is 14.9 Å². The number of ether oxygens (including phenoxy) is 1. The summed E-state index contributed by atoms with van der Waals surface area (Å²) in [5.41, 5.74) is 5.51. The van der Waals surface area contributed by atoms with Crippen LogP contribution >= 0.6 is 0 Å². The van der Waals surface area contributed by atoms with E-state index < -0.39 is 23.5 Å². The predicted octanol–water partition coefficient (Wildman–Crippen LogP) is 0.891. The van der Waals surface area contributed by atoms with E-state index in [4.69, 9.17) is 10.8 Å². The third-order valence-electron chi connectivity index (χ3n) is 5.86. The third kappa shape index (κ3) is 4.26. The lowest BCUT2D eigenvalue weighted by Crippen LogP contribution is -2.52. The van der Waals surface area contributed by atoms with Gasteiger partial charge in [0.2, 0.25) is 5.43 Å². The second kappa shape index (κ2) is 8.75. The van der Waals surface area contributed by atoms with E-state index in [9.17, 15) is 19.5 Å². The minimum absolute atomic E-state index is 0.0515. The second-order valence-electron chi connectivity index (χ2n) is 8.06. The third-order valence-corrected chi connectivity index (χ3v) is 5.86. The molecule has 10 nitrogen and oxygen atoms in total. The van der Waals surface area contributed by atoms with Gasteiger partial charge in [0.05, 0.1) is 22.8 Å². The van der Waals surface area contributed by atoms with E-state index in [-0.39, 0.29) is 36.1 Å². The first kappa shape index (κ1) is 22.0. The number of pyridine rings is 1. The average Bonchev–Trinajstić information content (AvgIpc) is 3.60. The lowest BCUT2D eigenvalue weighted by molar-refractivity contribution is -0.140. The van der Waals surface area contributed by atoms with Crippen molar-refractivity contribution in [3.8, 4) is 5.75 Å². The van der Waals surface area contributed by atoms with E-state index in [1.165, 1.54) is 11.1 Å². The molecule has 4 rings (SSSR count). The number of hydrogen-bond acceptors (Lipinski definition) is 7. The Bertz CT molecular complexity index is 1110. The molecule has 1 aromatic carbocycles. The van der Waals surface area contributed by atoms with Gasteiger partial charge in [0.15, 0.2) is 5.75 Å². The first-order valence-electron chi connectivity index (χ1n) is 10.5. The zero-order valence-corrected chi connectivity index (χ0v) is 17.4. The zero-order valence-electron chi connectivity index (χ0n) is 17.4. The van der Waals surface area contributed by atoms with E-state index in [1.807, 2.05) is 0 Å². The van der Waals surface area contributed by atoms with Gasteiger partial charge in [-0.15, -0.1) is 0 Å². The number of aliphatic hydroxyl groups excluding tert-OH is 1. The van der Waals surface area contributed by atoms with Gasteiger partial charge in [0.25, 0.3) is 5.91 Å². The van der Waals surface area contributed by atoms with Gasteiger partial charge in [0.1, 0.15) is 11.9 Å². The molecule has 1 saturated carbocycles. The normalized spacial score (nSPS) is 17.5. The second-order valence-corrected chi connectivity index (χ2v) is 8.06. The van der Waals surface area contributed by atoms with E-state index in [1.54, 1.807) is 15.5 Å². The van der Waals surface area contributed by atoms with E-state index in [2.05, 4.69) is 4.74 Å². The maximum absolute atomic E-state index is 15.0. The molecule has 4 N–H and O–H groups in total. The monoisotopic (exact) mass is 448 g/mol. The highest BCUT2D eigenvalue weighted by atomic mass is 19.1. The molecule has 2 aliphatic rings. The number of rotatable bonds is 6. The van der Waals surface area contributed by atoms with Gasteiger partial charge in [-0.05, 0) is 37.9 Å². The molecule has 0 spiro atoms. The Labute approximate surface area is 182 Å². The van der Waals surface area contributed by atoms with E-state index in [0.29, 0.717) is 37.4 Å². The largest absolute Gasteiger partial charge is 0.511 e. The summed E-state index contributed by atoms with van der Waals surface area (Å²) in [6.07, 6.45) is 0.536. The van der Waals surface area contributed by atoms with Crippen molar-refractivity contribution in [1.29, 1.82) is 0 Å². The fraction of sp³-hybridized carbons (Fsp3) is 0.476. The maximum Gasteiger partial charge on any atom is 0.511 e. The van der Waals surface area contributed by atoms with Crippen LogP contribution in [0.25, 0.3) is 10.9 Å². The summed E-state index contributed by atoms with van der Waals surface area (Å²) in [6, 6.07) is 2.80. The Morgan fingerprint density at radius 1 is 1.22 bits per heavy atom. The smallest absolute Gasteiger partial charge is 0.449 e. The van der Waals surface area contributed by atoms with Gasteiger partial charge in [-0.2, -0.15) is 0 Å². The first-order valence-corrected chi connectivity index (χ1v) is 10.5. The number of carboxylic acid groups (broad SMARTS) is 1. The summed E-state index contributed by atoms with van der Waals surface area (Å²) in [5.74, 6) is -1.36. The van der Waals surface area contributed by atoms with Crippen molar-refractivity contribution in [3.63, 3.8) is 0 Å². The molecule has 1 amide bonds. The fourth-order valence-corrected chi connectivity index (χ4v) is 4.06. The standard InChI is InChI=1S/C21H25FN4O6/c22-14-9-13-15(26(12-1-2-12)11-18(19(13)28)32-21(30)31)10-16(14)24-5-7-25(8-6-24)20(29)17(27)3-4-23/h9-12,17,27H,1-8,23H2,(H,30,31). The van der Waals surface area contributed by atoms with Gasteiger partial charge in [-0.25, -0.2) is 9.18 Å². The molecule has 2 aromatic rings. The van der Waals surface area contributed by atoms with Crippen molar-refractivity contribution in [2.24, 2.45) is 5.73 Å². The summed E-state index contributed by atoms with van der Waals surface area (Å²) in [6.45, 7) is 1.56. The van der Waals surface area contributed by atoms with Crippen LogP contribution in [0.5, 0.6) is 5.75 Å². The Balaban J connectivity index is 1.63. The Hall–Kier alpha value is -3.18. The van der Waals surface area contributed by atoms with Gasteiger partial charge in [0, 0.05) is 32.2 Å². The number of aromatic nitrogens is 1. The number of anilines is 1. The number of piperazine rings is 1. The number of benzene rings is 1. The molecule has 1 aromatic heterocycles. The highest BCUT2D eigenvalue weighted by Gasteiger charge is 2.29. The van der Waals surface area contributed by atoms with Crippen molar-refractivity contribution in [1.82, 2.24) is 9.47 Å². The van der Waals surface area contributed by atoms with Crippen LogP contribution in [0.2, 0.25) is 0 Å². The van der Waals surface area contributed by atoms with Crippen LogP contribution in [-0.4, -0.2) is 70.6 Å². The van der Waals surface area contributed by atoms with Crippen molar-refractivity contribution >= 4 is 28.7 Å². The van der Waals surface area contributed by atoms with Crippen molar-refractivity contribution in [3.05, 3.63) is 34.4 Å². The number of halogens is 1. The van der Waals surface area contributed by atoms with Crippen LogP contribution in [0.15, 0.2) is 23.1 Å². The maximum atomic E-state index is 15.0. The summed E-state index contributed by atoms with van der Waals surface area (Å²) >= 11 is 0. The lowest BCUT2D eigenvalue weighted by atomic mass is 10.1. The molecule has 1 aliphatic carbocycles. The number of carbonyl (C=O) groups excluding carboxylic acids is 1. The van der Waals surface area contributed by atoms with Crippen molar-refractivity contribution in [2.75, 3.05) is 37.6 Å². The molecule has 1 unspecified atom stereocenters. The minimum atomic E-state index is -1.61. The highest BCUT2D eigenvalue weighted by molar-refractivity contribution is 5.85. The van der Waals surface area contributed by atoms with Crippen LogP contribution in [0, 0.1) is 5.82 Å². The number of hydrogen-bond donors (Lipinski definition) is 3. The summed E-state index contributed by atoms with van der Waals surface area (Å²) in [5, 5.41) is 18.8. The van der Waals surface area contributed by atoms with Gasteiger partial charge >= 0.3 is 6.16 Å². The summed E-state index contributed by atoms with van der Waals surface area (Å²) in [7, 11) is 0. The van der Waals surface area contributed by atoms with Crippen LogP contribution in [0.3, 0.4) is 0 Å². The quantitative estimate of drug-likeness (QED) is 0.554. The Morgan fingerprint density at radius 2 is 1.91 bits per heavy atom. The van der Waals surface area contributed by atoms with E-state index in [0.717, 1.165) is 18.9 Å². The van der Waals surface area contributed by atoms with Gasteiger partial charge < -0.3 is 35.1 Å². The van der Waals surface area contributed by atoms with Gasteiger partial charge in [-0.1, -0.05) is 0 Å². The molecule has 2 fully saturated rings. The molecule has 0 bridgehead atoms. The van der Waals surface area contributed by atoms with Crippen molar-refractivity contribution in [2.45, 2.75) is 31.4 Å². The molecule has 2 heterocycles. The fourth-order valence-electron chi connectivity index (χ4n) is 4.06. The highest BCUT2D eigenvalue weighted by Crippen LogP contribution is 2.39. The van der Waals surface area contributed by atoms with Crippen LogP contribution in [-0.2, 0) is 4.79 Å². The molecule has 1 saturated heterocycles. The molecule has 32 heavy (non-hydrogen) atoms. The lowest BCUT2D eigenvalue weighted by Gasteiger charge is -2.37. The molecule has 0 radical (unpaired) electrons. The molecule has 172 valence electrons. The number of nitrogens with zero attached hydrogens (tertiary/aromatic N) is 3. The number of aliphatic hydroxyl groups is 1. The molecule has 1 atom stereocenters. The average molecular weight is 448 g/mol. The zero-order chi connectivity index (χ0) is 23.0. The number of fused-ring (bicyclic) bond motifs is 1. The Morgan fingerprint density at radius 3 is 2.50 bits per heavy atom. The predicted molar refractivity (Wildman–Crippen MR) is 114 cm³/mol. The van der Waals surface area contributed by atoms with Crippen LogP contribution < -0.4 is 20.8 Å². The Kier molecular flexibility index (Phi) is 6.02. The SMILES string of the molecule is NCCC(O)C(=O)N1CCN(c2cc3c(cc2F)c(=O)c(OC(=O)O)cn3C2CC2)CC1. The van der Waals surface area contributed by atoms with Gasteiger partial charge in [-0.3, -0.25) is 9.59 Å². The summed E-state index contributed by atoms with van der Waals surface area (Å²) < 4.78 is 21.4. The molecule has 1 aliphatic heterocycles. The van der Waals surface area contributed by atoms with E-state index >= 15 is 4.39 Å². The molecular formula is C21H25FN4O6. The first-order chi connectivity index (χ1) is 15.3. The topological polar surface area (TPSA) is 138 Å². The van der Waals surface area contributed by atoms with Crippen LogP contribution in [0.1, 0.15) is 25.3 Å². The number of carbonyl (C=O) groups is 2. The number of nitrogens with two attached hydrogens (primary N) is 1. The minimum Gasteiger partial charge on any atom is -0.449 e. The molecular weight excluding hydrogens is 423 g/mol. The van der Waals surface area contributed by atoms with Crippen molar-refractivity contribution < 1.29 is 28.9 Å². The summed E-state index contributed by atoms with van der Waals surface area (Å²) in [4.78, 5) is 39.2. The number of amides is 1.